The lowest BCUT2D eigenvalue weighted by Crippen LogP contribution is -2.03. The van der Waals surface area contributed by atoms with E-state index in [1.165, 1.54) is 0 Å². The number of carbonyl (C=O) groups excluding carboxylic acids is 1. The Hall–Kier alpha value is -1.95. The highest BCUT2D eigenvalue weighted by atomic mass is 32.1. The van der Waals surface area contributed by atoms with Crippen LogP contribution in [-0.2, 0) is 6.54 Å². The third kappa shape index (κ3) is 1.87. The van der Waals surface area contributed by atoms with Crippen LogP contribution < -0.4 is 0 Å². The molecule has 0 fully saturated rings. The van der Waals surface area contributed by atoms with Gasteiger partial charge in [-0.15, -0.1) is 0 Å². The number of rotatable bonds is 4. The van der Waals surface area contributed by atoms with E-state index in [2.05, 4.69) is 0 Å². The minimum Gasteiger partial charge on any atom is -0.341 e. The van der Waals surface area contributed by atoms with Crippen LogP contribution in [0.25, 0.3) is 0 Å². The van der Waals surface area contributed by atoms with E-state index in [0.717, 1.165) is 17.6 Å². The predicted octanol–water partition coefficient (Wildman–Crippen LogP) is 2.32. The van der Waals surface area contributed by atoms with Crippen LogP contribution >= 0.6 is 11.3 Å². The molecule has 2 heterocycles. The van der Waals surface area contributed by atoms with Crippen LogP contribution in [0, 0.1) is 10.1 Å². The second-order valence-corrected chi connectivity index (χ2v) is 4.08. The second kappa shape index (κ2) is 4.28. The van der Waals surface area contributed by atoms with Crippen molar-refractivity contribution < 1.29 is 9.72 Å². The lowest BCUT2D eigenvalue weighted by molar-refractivity contribution is -0.380. The molecular weight excluding hydrogens is 228 g/mol. The Morgan fingerprint density at radius 2 is 2.31 bits per heavy atom. The molecule has 2 aromatic rings. The van der Waals surface area contributed by atoms with Gasteiger partial charge >= 0.3 is 5.00 Å². The maximum atomic E-state index is 10.7. The number of thiophene rings is 1. The summed E-state index contributed by atoms with van der Waals surface area (Å²) in [6.45, 7) is 0.348. The molecule has 0 radical (unpaired) electrons. The van der Waals surface area contributed by atoms with E-state index < -0.39 is 4.92 Å². The summed E-state index contributed by atoms with van der Waals surface area (Å²) in [6, 6.07) is 5.12. The Balaban J connectivity index is 2.30. The van der Waals surface area contributed by atoms with Crippen molar-refractivity contribution in [1.82, 2.24) is 4.57 Å². The molecule has 82 valence electrons. The number of hydrogen-bond donors (Lipinski definition) is 0. The van der Waals surface area contributed by atoms with E-state index in [0.29, 0.717) is 17.8 Å². The average molecular weight is 236 g/mol. The molecule has 0 saturated carbocycles. The van der Waals surface area contributed by atoms with E-state index in [9.17, 15) is 14.9 Å². The van der Waals surface area contributed by atoms with Gasteiger partial charge in [-0.1, -0.05) is 11.3 Å². The van der Waals surface area contributed by atoms with Crippen LogP contribution in [0.5, 0.6) is 0 Å². The van der Waals surface area contributed by atoms with Crippen LogP contribution in [0.4, 0.5) is 5.00 Å². The van der Waals surface area contributed by atoms with Crippen molar-refractivity contribution in [3.05, 3.63) is 51.1 Å². The molecule has 0 amide bonds. The third-order valence-electron chi connectivity index (χ3n) is 2.22. The number of carbonyl (C=O) groups is 1. The molecule has 5 nitrogen and oxygen atoms in total. The van der Waals surface area contributed by atoms with Gasteiger partial charge in [-0.2, -0.15) is 0 Å². The van der Waals surface area contributed by atoms with Gasteiger partial charge in [0.15, 0.2) is 6.29 Å². The number of nitrogens with zero attached hydrogens (tertiary/aromatic N) is 2. The summed E-state index contributed by atoms with van der Waals surface area (Å²) >= 11 is 1.09. The summed E-state index contributed by atoms with van der Waals surface area (Å²) < 4.78 is 1.68. The highest BCUT2D eigenvalue weighted by Gasteiger charge is 2.15. The van der Waals surface area contributed by atoms with Crippen molar-refractivity contribution >= 4 is 22.6 Å². The van der Waals surface area contributed by atoms with Crippen LogP contribution in [0.2, 0.25) is 0 Å². The normalized spacial score (nSPS) is 10.2. The maximum Gasteiger partial charge on any atom is 0.329 e. The number of hydrogen-bond acceptors (Lipinski definition) is 4. The zero-order valence-corrected chi connectivity index (χ0v) is 9.02. The molecule has 0 bridgehead atoms. The highest BCUT2D eigenvalue weighted by Crippen LogP contribution is 2.26. The van der Waals surface area contributed by atoms with E-state index in [-0.39, 0.29) is 5.00 Å². The molecule has 0 atom stereocenters. The Bertz CT molecular complexity index is 530. The summed E-state index contributed by atoms with van der Waals surface area (Å²) in [5.74, 6) is 0. The molecule has 0 aliphatic carbocycles. The van der Waals surface area contributed by atoms with Crippen molar-refractivity contribution in [3.63, 3.8) is 0 Å². The van der Waals surface area contributed by atoms with Crippen molar-refractivity contribution in [2.75, 3.05) is 0 Å². The van der Waals surface area contributed by atoms with Gasteiger partial charge in [0.05, 0.1) is 22.7 Å². The number of nitro groups is 1. The zero-order valence-electron chi connectivity index (χ0n) is 8.20. The molecule has 6 heteroatoms. The van der Waals surface area contributed by atoms with E-state index in [1.807, 2.05) is 0 Å². The van der Waals surface area contributed by atoms with Gasteiger partial charge < -0.3 is 4.57 Å². The SMILES string of the molecule is O=Cc1cccn1Cc1ccsc1[N+](=O)[O-]. The Labute approximate surface area is 95.1 Å². The highest BCUT2D eigenvalue weighted by molar-refractivity contribution is 7.13. The summed E-state index contributed by atoms with van der Waals surface area (Å²) in [5, 5.41) is 12.5. The van der Waals surface area contributed by atoms with Crippen LogP contribution in [0.3, 0.4) is 0 Å². The fourth-order valence-corrected chi connectivity index (χ4v) is 2.20. The zero-order chi connectivity index (χ0) is 11.5. The first kappa shape index (κ1) is 10.6. The van der Waals surface area contributed by atoms with Crippen LogP contribution in [0.15, 0.2) is 29.8 Å². The summed E-state index contributed by atoms with van der Waals surface area (Å²) in [5.41, 5.74) is 1.13. The van der Waals surface area contributed by atoms with Gasteiger partial charge in [-0.25, -0.2) is 0 Å². The van der Waals surface area contributed by atoms with Crippen LogP contribution in [0.1, 0.15) is 16.1 Å². The fourth-order valence-electron chi connectivity index (χ4n) is 1.47. The molecule has 0 aliphatic rings. The average Bonchev–Trinajstić information content (AvgIpc) is 2.86. The fraction of sp³-hybridized carbons (Fsp3) is 0.100. The smallest absolute Gasteiger partial charge is 0.329 e. The Kier molecular flexibility index (Phi) is 2.82. The first-order chi connectivity index (χ1) is 7.72. The molecule has 0 unspecified atom stereocenters. The Morgan fingerprint density at radius 3 is 3.00 bits per heavy atom. The monoisotopic (exact) mass is 236 g/mol. The third-order valence-corrected chi connectivity index (χ3v) is 3.12. The quantitative estimate of drug-likeness (QED) is 0.465. The van der Waals surface area contributed by atoms with Gasteiger partial charge in [-0.05, 0) is 23.6 Å². The van der Waals surface area contributed by atoms with Crippen molar-refractivity contribution in [3.8, 4) is 0 Å². The molecule has 2 rings (SSSR count). The maximum absolute atomic E-state index is 10.7. The summed E-state index contributed by atoms with van der Waals surface area (Å²) in [6.07, 6.45) is 2.46. The van der Waals surface area contributed by atoms with Gasteiger partial charge in [0.25, 0.3) is 0 Å². The lowest BCUT2D eigenvalue weighted by atomic mass is 10.3. The topological polar surface area (TPSA) is 65.1 Å². The molecule has 0 aromatic carbocycles. The minimum absolute atomic E-state index is 0.130. The predicted molar refractivity (Wildman–Crippen MR) is 59.9 cm³/mol. The molecule has 16 heavy (non-hydrogen) atoms. The van der Waals surface area contributed by atoms with E-state index in [4.69, 9.17) is 0 Å². The summed E-state index contributed by atoms with van der Waals surface area (Å²) in [4.78, 5) is 21.0. The van der Waals surface area contributed by atoms with Crippen molar-refractivity contribution in [2.24, 2.45) is 0 Å². The standard InChI is InChI=1S/C10H8N2O3S/c13-7-9-2-1-4-11(9)6-8-3-5-16-10(8)12(14)15/h1-5,7H,6H2. The first-order valence-corrected chi connectivity index (χ1v) is 5.41. The molecule has 0 aliphatic heterocycles. The molecule has 0 spiro atoms. The minimum atomic E-state index is -0.399. The molecular formula is C10H8N2O3S. The van der Waals surface area contributed by atoms with E-state index >= 15 is 0 Å². The largest absolute Gasteiger partial charge is 0.341 e. The number of aldehydes is 1. The van der Waals surface area contributed by atoms with Gasteiger partial charge in [0.2, 0.25) is 0 Å². The van der Waals surface area contributed by atoms with Crippen LogP contribution in [-0.4, -0.2) is 15.8 Å². The molecule has 0 saturated heterocycles. The van der Waals surface area contributed by atoms with E-state index in [1.54, 1.807) is 34.3 Å². The second-order valence-electron chi connectivity index (χ2n) is 3.19. The lowest BCUT2D eigenvalue weighted by Gasteiger charge is -2.02. The van der Waals surface area contributed by atoms with Crippen molar-refractivity contribution in [1.29, 1.82) is 0 Å². The first-order valence-electron chi connectivity index (χ1n) is 4.53. The van der Waals surface area contributed by atoms with Gasteiger partial charge in [-0.3, -0.25) is 14.9 Å². The Morgan fingerprint density at radius 1 is 1.50 bits per heavy atom. The van der Waals surface area contributed by atoms with Gasteiger partial charge in [0, 0.05) is 6.20 Å². The number of aromatic nitrogens is 1. The molecule has 0 N–H and O–H groups in total. The molecule has 2 aromatic heterocycles. The summed E-state index contributed by atoms with van der Waals surface area (Å²) in [7, 11) is 0. The van der Waals surface area contributed by atoms with Gasteiger partial charge in [0.1, 0.15) is 0 Å². The van der Waals surface area contributed by atoms with Crippen molar-refractivity contribution in [2.45, 2.75) is 6.54 Å².